The second kappa shape index (κ2) is 10.5. The number of hydrogen-bond acceptors (Lipinski definition) is 5. The van der Waals surface area contributed by atoms with Crippen molar-refractivity contribution in [2.45, 2.75) is 38.1 Å². The van der Waals surface area contributed by atoms with Crippen LogP contribution in [0.2, 0.25) is 0 Å². The van der Waals surface area contributed by atoms with E-state index in [2.05, 4.69) is 29.6 Å². The number of piperazine rings is 1. The number of hydrogen-bond donors (Lipinski definition) is 2. The molecule has 1 heterocycles. The molecule has 35 heavy (non-hydrogen) atoms. The SMILES string of the molecule is CCCC(C)(NC(=O)OCC1c2ccccc2-c2ccccc21)C(=O)N1CCN(CC(=O)O)CC1. The second-order valence-corrected chi connectivity index (χ2v) is 9.49. The third-order valence-electron chi connectivity index (χ3n) is 6.96. The van der Waals surface area contributed by atoms with Gasteiger partial charge in [0.15, 0.2) is 0 Å². The molecular formula is C27H33N3O5. The molecule has 1 unspecified atom stereocenters. The number of carbonyl (C=O) groups is 3. The molecule has 1 fully saturated rings. The molecule has 1 aliphatic heterocycles. The Hall–Kier alpha value is -3.39. The number of ether oxygens (including phenoxy) is 1. The van der Waals surface area contributed by atoms with Gasteiger partial charge in [-0.15, -0.1) is 0 Å². The minimum absolute atomic E-state index is 0.0355. The predicted molar refractivity (Wildman–Crippen MR) is 132 cm³/mol. The number of carboxylic acids is 1. The normalized spacial score (nSPS) is 17.3. The number of nitrogens with one attached hydrogen (secondary N) is 1. The van der Waals surface area contributed by atoms with Crippen LogP contribution in [-0.2, 0) is 14.3 Å². The first-order valence-corrected chi connectivity index (χ1v) is 12.2. The van der Waals surface area contributed by atoms with Crippen molar-refractivity contribution in [2.24, 2.45) is 0 Å². The molecule has 0 spiro atoms. The molecule has 2 aromatic rings. The van der Waals surface area contributed by atoms with E-state index >= 15 is 0 Å². The van der Waals surface area contributed by atoms with Crippen molar-refractivity contribution in [3.63, 3.8) is 0 Å². The van der Waals surface area contributed by atoms with Crippen LogP contribution in [0.3, 0.4) is 0 Å². The van der Waals surface area contributed by atoms with Crippen LogP contribution in [0.25, 0.3) is 11.1 Å². The Kier molecular flexibility index (Phi) is 7.40. The smallest absolute Gasteiger partial charge is 0.408 e. The van der Waals surface area contributed by atoms with Crippen molar-refractivity contribution >= 4 is 18.0 Å². The van der Waals surface area contributed by atoms with Gasteiger partial charge in [-0.3, -0.25) is 14.5 Å². The molecule has 0 radical (unpaired) electrons. The van der Waals surface area contributed by atoms with Crippen LogP contribution in [0.5, 0.6) is 0 Å². The van der Waals surface area contributed by atoms with Gasteiger partial charge in [-0.1, -0.05) is 61.9 Å². The third-order valence-corrected chi connectivity index (χ3v) is 6.96. The van der Waals surface area contributed by atoms with Gasteiger partial charge < -0.3 is 20.1 Å². The number of alkyl carbamates (subject to hydrolysis) is 1. The molecule has 0 saturated carbocycles. The van der Waals surface area contributed by atoms with E-state index < -0.39 is 17.6 Å². The van der Waals surface area contributed by atoms with Gasteiger partial charge in [0, 0.05) is 32.1 Å². The maximum absolute atomic E-state index is 13.4. The lowest BCUT2D eigenvalue weighted by molar-refractivity contribution is -0.141. The first kappa shape index (κ1) is 24.7. The van der Waals surface area contributed by atoms with E-state index in [1.54, 1.807) is 11.8 Å². The first-order chi connectivity index (χ1) is 16.8. The highest BCUT2D eigenvalue weighted by molar-refractivity contribution is 5.89. The standard InChI is InChI=1S/C27H33N3O5/c1-3-12-27(2,25(33)30-15-13-29(14-16-30)17-24(31)32)28-26(34)35-18-23-21-10-6-4-8-19(21)20-9-5-7-11-22(20)23/h4-11,23H,3,12-18H2,1-2H3,(H,28,34)(H,31,32). The minimum Gasteiger partial charge on any atom is -0.480 e. The van der Waals surface area contributed by atoms with Gasteiger partial charge in [-0.05, 0) is 35.6 Å². The molecular weight excluding hydrogens is 446 g/mol. The van der Waals surface area contributed by atoms with Crippen LogP contribution in [0, 0.1) is 0 Å². The average Bonchev–Trinajstić information content (AvgIpc) is 3.16. The summed E-state index contributed by atoms with van der Waals surface area (Å²) in [5, 5.41) is 11.8. The summed E-state index contributed by atoms with van der Waals surface area (Å²) >= 11 is 0. The molecule has 2 aromatic carbocycles. The van der Waals surface area contributed by atoms with Crippen LogP contribution < -0.4 is 5.32 Å². The maximum Gasteiger partial charge on any atom is 0.408 e. The largest absolute Gasteiger partial charge is 0.480 e. The van der Waals surface area contributed by atoms with Crippen molar-refractivity contribution in [1.29, 1.82) is 0 Å². The molecule has 0 aromatic heterocycles. The van der Waals surface area contributed by atoms with E-state index in [0.29, 0.717) is 39.0 Å². The summed E-state index contributed by atoms with van der Waals surface area (Å²) < 4.78 is 5.69. The van der Waals surface area contributed by atoms with Crippen molar-refractivity contribution in [1.82, 2.24) is 15.1 Å². The zero-order valence-corrected chi connectivity index (χ0v) is 20.3. The van der Waals surface area contributed by atoms with Gasteiger partial charge in [0.05, 0.1) is 6.54 Å². The van der Waals surface area contributed by atoms with Gasteiger partial charge in [0.25, 0.3) is 0 Å². The van der Waals surface area contributed by atoms with E-state index in [9.17, 15) is 14.4 Å². The molecule has 1 atom stereocenters. The fraction of sp³-hybridized carbons (Fsp3) is 0.444. The molecule has 2 aliphatic rings. The number of fused-ring (bicyclic) bond motifs is 3. The highest BCUT2D eigenvalue weighted by Crippen LogP contribution is 2.44. The Balaban J connectivity index is 1.39. The molecule has 1 saturated heterocycles. The monoisotopic (exact) mass is 479 g/mol. The van der Waals surface area contributed by atoms with E-state index in [1.807, 2.05) is 36.1 Å². The zero-order valence-electron chi connectivity index (χ0n) is 20.3. The fourth-order valence-corrected chi connectivity index (χ4v) is 5.23. The van der Waals surface area contributed by atoms with Crippen LogP contribution in [0.15, 0.2) is 48.5 Å². The summed E-state index contributed by atoms with van der Waals surface area (Å²) in [5.41, 5.74) is 3.49. The van der Waals surface area contributed by atoms with Crippen molar-refractivity contribution < 1.29 is 24.2 Å². The molecule has 0 bridgehead atoms. The summed E-state index contributed by atoms with van der Waals surface area (Å²) in [5.74, 6) is -1.09. The summed E-state index contributed by atoms with van der Waals surface area (Å²) in [4.78, 5) is 40.8. The number of rotatable bonds is 8. The summed E-state index contributed by atoms with van der Waals surface area (Å²) in [6, 6.07) is 16.3. The van der Waals surface area contributed by atoms with Crippen LogP contribution in [-0.4, -0.2) is 77.7 Å². The third kappa shape index (κ3) is 5.32. The molecule has 8 heteroatoms. The van der Waals surface area contributed by atoms with Crippen LogP contribution in [0.4, 0.5) is 4.79 Å². The summed E-state index contributed by atoms with van der Waals surface area (Å²) in [7, 11) is 0. The average molecular weight is 480 g/mol. The number of amides is 2. The lowest BCUT2D eigenvalue weighted by Crippen LogP contribution is -2.61. The Bertz CT molecular complexity index is 1050. The van der Waals surface area contributed by atoms with E-state index in [0.717, 1.165) is 22.3 Å². The highest BCUT2D eigenvalue weighted by atomic mass is 16.5. The summed E-state index contributed by atoms with van der Waals surface area (Å²) in [6.45, 7) is 5.70. The second-order valence-electron chi connectivity index (χ2n) is 9.49. The van der Waals surface area contributed by atoms with Gasteiger partial charge in [0.2, 0.25) is 5.91 Å². The van der Waals surface area contributed by atoms with Gasteiger partial charge in [-0.2, -0.15) is 0 Å². The Morgan fingerprint density at radius 2 is 1.57 bits per heavy atom. The highest BCUT2D eigenvalue weighted by Gasteiger charge is 2.39. The Morgan fingerprint density at radius 1 is 1.00 bits per heavy atom. The van der Waals surface area contributed by atoms with Crippen molar-refractivity contribution in [3.05, 3.63) is 59.7 Å². The predicted octanol–water partition coefficient (Wildman–Crippen LogP) is 3.31. The van der Waals surface area contributed by atoms with Gasteiger partial charge in [-0.25, -0.2) is 4.79 Å². The molecule has 186 valence electrons. The van der Waals surface area contributed by atoms with E-state index in [-0.39, 0.29) is 25.0 Å². The Morgan fingerprint density at radius 3 is 2.11 bits per heavy atom. The molecule has 4 rings (SSSR count). The van der Waals surface area contributed by atoms with Gasteiger partial charge >= 0.3 is 12.1 Å². The van der Waals surface area contributed by atoms with Gasteiger partial charge in [0.1, 0.15) is 12.1 Å². The Labute approximate surface area is 205 Å². The van der Waals surface area contributed by atoms with Crippen LogP contribution >= 0.6 is 0 Å². The van der Waals surface area contributed by atoms with E-state index in [4.69, 9.17) is 9.84 Å². The lowest BCUT2D eigenvalue weighted by Gasteiger charge is -2.39. The van der Waals surface area contributed by atoms with E-state index in [1.165, 1.54) is 0 Å². The quantitative estimate of drug-likeness (QED) is 0.603. The minimum atomic E-state index is -1.09. The molecule has 2 amide bonds. The topological polar surface area (TPSA) is 99.2 Å². The van der Waals surface area contributed by atoms with Crippen molar-refractivity contribution in [2.75, 3.05) is 39.3 Å². The number of aliphatic carboxylic acids is 1. The number of benzene rings is 2. The number of nitrogens with zero attached hydrogens (tertiary/aromatic N) is 2. The maximum atomic E-state index is 13.4. The zero-order chi connectivity index (χ0) is 25.0. The molecule has 2 N–H and O–H groups in total. The fourth-order valence-electron chi connectivity index (χ4n) is 5.23. The lowest BCUT2D eigenvalue weighted by atomic mass is 9.94. The van der Waals surface area contributed by atoms with Crippen molar-refractivity contribution in [3.8, 4) is 11.1 Å². The van der Waals surface area contributed by atoms with Crippen LogP contribution in [0.1, 0.15) is 43.7 Å². The number of carboxylic acid groups (broad SMARTS) is 1. The molecule has 1 aliphatic carbocycles. The molecule has 8 nitrogen and oxygen atoms in total. The summed E-state index contributed by atoms with van der Waals surface area (Å²) in [6.07, 6.45) is 0.580. The number of carbonyl (C=O) groups excluding carboxylic acids is 2. The first-order valence-electron chi connectivity index (χ1n) is 12.2.